The summed E-state index contributed by atoms with van der Waals surface area (Å²) in [6, 6.07) is 6.19. The van der Waals surface area contributed by atoms with Crippen molar-refractivity contribution >= 4 is 12.0 Å². The second kappa shape index (κ2) is 6.62. The lowest BCUT2D eigenvalue weighted by molar-refractivity contribution is -0.137. The number of rotatable bonds is 5. The minimum atomic E-state index is -2.90. The number of hydrogen-bond donors (Lipinski definition) is 0. The van der Waals surface area contributed by atoms with Crippen molar-refractivity contribution in [2.75, 3.05) is 6.61 Å². The fourth-order valence-corrected chi connectivity index (χ4v) is 1.17. The molecule has 0 atom stereocenters. The lowest BCUT2D eigenvalue weighted by atomic mass is 10.2. The van der Waals surface area contributed by atoms with Crippen molar-refractivity contribution in [2.45, 2.75) is 13.5 Å². The largest absolute Gasteiger partial charge is 0.463 e. The summed E-state index contributed by atoms with van der Waals surface area (Å²) in [7, 11) is 0. The van der Waals surface area contributed by atoms with Gasteiger partial charge in [0.2, 0.25) is 0 Å². The minimum Gasteiger partial charge on any atom is -0.463 e. The molecule has 0 aliphatic carbocycles. The number of ether oxygens (including phenoxy) is 2. The Labute approximate surface area is 97.7 Å². The van der Waals surface area contributed by atoms with Gasteiger partial charge < -0.3 is 9.47 Å². The van der Waals surface area contributed by atoms with Crippen molar-refractivity contribution in [1.82, 2.24) is 0 Å². The molecule has 0 unspecified atom stereocenters. The van der Waals surface area contributed by atoms with Crippen molar-refractivity contribution in [3.8, 4) is 5.75 Å². The van der Waals surface area contributed by atoms with Gasteiger partial charge >= 0.3 is 12.6 Å². The maximum atomic E-state index is 12.1. The topological polar surface area (TPSA) is 35.5 Å². The van der Waals surface area contributed by atoms with Gasteiger partial charge in [-0.05, 0) is 19.1 Å². The quantitative estimate of drug-likeness (QED) is 0.588. The summed E-state index contributed by atoms with van der Waals surface area (Å²) in [5.74, 6) is -0.512. The van der Waals surface area contributed by atoms with E-state index in [0.29, 0.717) is 5.56 Å². The van der Waals surface area contributed by atoms with Crippen molar-refractivity contribution in [1.29, 1.82) is 0 Å². The van der Waals surface area contributed by atoms with Crippen LogP contribution < -0.4 is 4.74 Å². The van der Waals surface area contributed by atoms with Crippen molar-refractivity contribution in [2.24, 2.45) is 0 Å². The Bertz CT molecular complexity index is 402. The maximum Gasteiger partial charge on any atom is 0.387 e. The molecule has 0 aliphatic heterocycles. The first kappa shape index (κ1) is 13.2. The average Bonchev–Trinajstić information content (AvgIpc) is 2.27. The molecule has 0 saturated heterocycles. The maximum absolute atomic E-state index is 12.1. The molecule has 3 nitrogen and oxygen atoms in total. The van der Waals surface area contributed by atoms with E-state index in [1.165, 1.54) is 12.1 Å². The lowest BCUT2D eigenvalue weighted by Gasteiger charge is -2.07. The number of benzene rings is 1. The summed E-state index contributed by atoms with van der Waals surface area (Å²) in [4.78, 5) is 11.1. The first-order chi connectivity index (χ1) is 8.13. The van der Waals surface area contributed by atoms with E-state index in [9.17, 15) is 13.6 Å². The van der Waals surface area contributed by atoms with Gasteiger partial charge in [-0.25, -0.2) is 4.79 Å². The number of para-hydroxylation sites is 1. The predicted molar refractivity (Wildman–Crippen MR) is 58.7 cm³/mol. The van der Waals surface area contributed by atoms with Gasteiger partial charge in [0.25, 0.3) is 0 Å². The number of hydrogen-bond acceptors (Lipinski definition) is 3. The smallest absolute Gasteiger partial charge is 0.387 e. The Morgan fingerprint density at radius 2 is 2.12 bits per heavy atom. The number of carbonyl (C=O) groups is 1. The zero-order valence-corrected chi connectivity index (χ0v) is 9.23. The zero-order chi connectivity index (χ0) is 12.7. The van der Waals surface area contributed by atoms with Gasteiger partial charge in [0.1, 0.15) is 5.75 Å². The fraction of sp³-hybridized carbons (Fsp3) is 0.250. The Morgan fingerprint density at radius 3 is 2.76 bits per heavy atom. The van der Waals surface area contributed by atoms with E-state index >= 15 is 0 Å². The van der Waals surface area contributed by atoms with Crippen LogP contribution in [0.1, 0.15) is 12.5 Å². The van der Waals surface area contributed by atoms with Gasteiger partial charge in [-0.15, -0.1) is 0 Å². The summed E-state index contributed by atoms with van der Waals surface area (Å²) in [6.45, 7) is -0.954. The zero-order valence-electron chi connectivity index (χ0n) is 9.23. The molecule has 0 spiro atoms. The molecule has 5 heteroatoms. The summed E-state index contributed by atoms with van der Waals surface area (Å²) >= 11 is 0. The van der Waals surface area contributed by atoms with Crippen LogP contribution >= 0.6 is 0 Å². The highest BCUT2D eigenvalue weighted by Crippen LogP contribution is 2.21. The van der Waals surface area contributed by atoms with E-state index in [4.69, 9.17) is 0 Å². The van der Waals surface area contributed by atoms with Gasteiger partial charge in [0.15, 0.2) is 0 Å². The molecule has 0 N–H and O–H groups in total. The van der Waals surface area contributed by atoms with Gasteiger partial charge in [-0.3, -0.25) is 0 Å². The highest BCUT2D eigenvalue weighted by Gasteiger charge is 2.07. The van der Waals surface area contributed by atoms with Gasteiger partial charge in [0, 0.05) is 11.6 Å². The van der Waals surface area contributed by atoms with Crippen LogP contribution in [0, 0.1) is 0 Å². The van der Waals surface area contributed by atoms with Crippen LogP contribution in [0.2, 0.25) is 0 Å². The van der Waals surface area contributed by atoms with Gasteiger partial charge in [-0.2, -0.15) is 8.78 Å². The number of esters is 1. The minimum absolute atomic E-state index is 0.0167. The third-order valence-electron chi connectivity index (χ3n) is 1.82. The molecule has 0 heterocycles. The molecule has 1 aromatic carbocycles. The third-order valence-corrected chi connectivity index (χ3v) is 1.82. The molecule has 0 aromatic heterocycles. The van der Waals surface area contributed by atoms with Gasteiger partial charge in [-0.1, -0.05) is 18.2 Å². The Kier molecular flexibility index (Phi) is 5.13. The second-order valence-electron chi connectivity index (χ2n) is 3.00. The molecule has 0 aliphatic rings. The standard InChI is InChI=1S/C12H12F2O3/c1-2-16-11(15)8-7-9-5-3-4-6-10(9)17-12(13)14/h3-8,12H,2H2,1H3. The van der Waals surface area contributed by atoms with Crippen molar-refractivity contribution in [3.63, 3.8) is 0 Å². The van der Waals surface area contributed by atoms with E-state index in [2.05, 4.69) is 9.47 Å². The summed E-state index contributed by atoms with van der Waals surface area (Å²) in [5.41, 5.74) is 0.390. The van der Waals surface area contributed by atoms with Crippen LogP contribution in [0.25, 0.3) is 6.08 Å². The fourth-order valence-electron chi connectivity index (χ4n) is 1.17. The van der Waals surface area contributed by atoms with E-state index in [1.54, 1.807) is 25.1 Å². The van der Waals surface area contributed by atoms with Gasteiger partial charge in [0.05, 0.1) is 6.61 Å². The van der Waals surface area contributed by atoms with E-state index in [-0.39, 0.29) is 12.4 Å². The van der Waals surface area contributed by atoms with Crippen LogP contribution in [0.4, 0.5) is 8.78 Å². The monoisotopic (exact) mass is 242 g/mol. The Hall–Kier alpha value is -1.91. The van der Waals surface area contributed by atoms with E-state index < -0.39 is 12.6 Å². The average molecular weight is 242 g/mol. The van der Waals surface area contributed by atoms with Crippen LogP contribution in [0.15, 0.2) is 30.3 Å². The molecule has 1 rings (SSSR count). The molecular weight excluding hydrogens is 230 g/mol. The highest BCUT2D eigenvalue weighted by molar-refractivity contribution is 5.87. The van der Waals surface area contributed by atoms with Crippen LogP contribution in [0.3, 0.4) is 0 Å². The molecule has 0 saturated carbocycles. The highest BCUT2D eigenvalue weighted by atomic mass is 19.3. The summed E-state index contributed by atoms with van der Waals surface area (Å²) in [5, 5.41) is 0. The molecule has 0 bridgehead atoms. The first-order valence-corrected chi connectivity index (χ1v) is 5.02. The van der Waals surface area contributed by atoms with Crippen LogP contribution in [-0.4, -0.2) is 19.2 Å². The number of carbonyl (C=O) groups excluding carboxylic acids is 1. The van der Waals surface area contributed by atoms with E-state index in [0.717, 1.165) is 6.08 Å². The Morgan fingerprint density at radius 1 is 1.41 bits per heavy atom. The number of alkyl halides is 2. The molecular formula is C12H12F2O3. The van der Waals surface area contributed by atoms with Crippen molar-refractivity contribution < 1.29 is 23.0 Å². The van der Waals surface area contributed by atoms with Crippen LogP contribution in [-0.2, 0) is 9.53 Å². The molecule has 0 fully saturated rings. The van der Waals surface area contributed by atoms with E-state index in [1.807, 2.05) is 0 Å². The second-order valence-corrected chi connectivity index (χ2v) is 3.00. The first-order valence-electron chi connectivity index (χ1n) is 5.02. The van der Waals surface area contributed by atoms with Crippen molar-refractivity contribution in [3.05, 3.63) is 35.9 Å². The number of halogens is 2. The summed E-state index contributed by atoms with van der Waals surface area (Å²) < 4.78 is 33.1. The van der Waals surface area contributed by atoms with Crippen LogP contribution in [0.5, 0.6) is 5.75 Å². The lowest BCUT2D eigenvalue weighted by Crippen LogP contribution is -2.03. The molecule has 17 heavy (non-hydrogen) atoms. The molecule has 1 aromatic rings. The predicted octanol–water partition coefficient (Wildman–Crippen LogP) is 2.86. The third kappa shape index (κ3) is 4.63. The normalized spacial score (nSPS) is 10.8. The SMILES string of the molecule is CCOC(=O)C=Cc1ccccc1OC(F)F. The molecule has 0 radical (unpaired) electrons. The molecule has 92 valence electrons. The molecule has 0 amide bonds. The summed E-state index contributed by atoms with van der Waals surface area (Å²) in [6.07, 6.45) is 2.53. The Balaban J connectivity index is 2.79.